The van der Waals surface area contributed by atoms with Crippen LogP contribution in [0.1, 0.15) is 15.6 Å². The van der Waals surface area contributed by atoms with Gasteiger partial charge >= 0.3 is 0 Å². The summed E-state index contributed by atoms with van der Waals surface area (Å²) < 4.78 is 2.51. The topological polar surface area (TPSA) is 72.2 Å². The van der Waals surface area contributed by atoms with E-state index in [1.807, 2.05) is 24.3 Å². The van der Waals surface area contributed by atoms with Crippen LogP contribution in [0, 0.1) is 6.92 Å². The van der Waals surface area contributed by atoms with Gasteiger partial charge in [-0.2, -0.15) is 4.52 Å². The summed E-state index contributed by atoms with van der Waals surface area (Å²) in [6, 6.07) is 7.34. The maximum absolute atomic E-state index is 12.0. The summed E-state index contributed by atoms with van der Waals surface area (Å²) in [5.74, 6) is 0.408. The summed E-state index contributed by atoms with van der Waals surface area (Å²) in [6.45, 7) is 1.79. The molecule has 1 amide bonds. The first-order valence-corrected chi connectivity index (χ1v) is 7.00. The molecule has 0 saturated heterocycles. The van der Waals surface area contributed by atoms with Gasteiger partial charge in [0.15, 0.2) is 5.82 Å². The Labute approximate surface area is 120 Å². The van der Waals surface area contributed by atoms with Gasteiger partial charge in [-0.05, 0) is 31.2 Å². The highest BCUT2D eigenvalue weighted by Crippen LogP contribution is 2.17. The molecule has 0 fully saturated rings. The molecule has 0 aliphatic heterocycles. The van der Waals surface area contributed by atoms with Crippen molar-refractivity contribution in [1.82, 2.24) is 19.8 Å². The standard InChI is InChI=1S/C11H8BrN5OS/c1-6-14-15-11-17(6)16-10(19-11)9(18)13-8-4-2-7(12)3-5-8/h2-5H,1H3,(H,13,18). The van der Waals surface area contributed by atoms with Gasteiger partial charge in [-0.25, -0.2) is 0 Å². The number of carbonyl (C=O) groups excluding carboxylic acids is 1. The first kappa shape index (κ1) is 12.2. The predicted molar refractivity (Wildman–Crippen MR) is 75.5 cm³/mol. The van der Waals surface area contributed by atoms with E-state index in [4.69, 9.17) is 0 Å². The lowest BCUT2D eigenvalue weighted by atomic mass is 10.3. The van der Waals surface area contributed by atoms with Crippen LogP contribution in [0.25, 0.3) is 4.96 Å². The van der Waals surface area contributed by atoms with E-state index in [0.717, 1.165) is 10.2 Å². The molecule has 19 heavy (non-hydrogen) atoms. The molecule has 0 aliphatic rings. The van der Waals surface area contributed by atoms with Crippen molar-refractivity contribution < 1.29 is 4.79 Å². The van der Waals surface area contributed by atoms with Crippen molar-refractivity contribution in [1.29, 1.82) is 0 Å². The number of nitrogens with zero attached hydrogens (tertiary/aromatic N) is 4. The van der Waals surface area contributed by atoms with Gasteiger partial charge in [0.05, 0.1) is 0 Å². The summed E-state index contributed by atoms with van der Waals surface area (Å²) >= 11 is 4.55. The van der Waals surface area contributed by atoms with Gasteiger partial charge in [0.25, 0.3) is 5.91 Å². The second-order valence-electron chi connectivity index (χ2n) is 3.81. The Hall–Kier alpha value is -1.80. The van der Waals surface area contributed by atoms with E-state index < -0.39 is 0 Å². The average molecular weight is 338 g/mol. The van der Waals surface area contributed by atoms with Crippen LogP contribution < -0.4 is 5.32 Å². The number of aromatic nitrogens is 4. The molecule has 0 aliphatic carbocycles. The van der Waals surface area contributed by atoms with Crippen LogP contribution in [0.15, 0.2) is 28.7 Å². The first-order valence-electron chi connectivity index (χ1n) is 5.39. The first-order chi connectivity index (χ1) is 9.13. The van der Waals surface area contributed by atoms with Crippen LogP contribution in [-0.4, -0.2) is 25.7 Å². The van der Waals surface area contributed by atoms with Gasteiger partial charge in [-0.3, -0.25) is 4.79 Å². The minimum absolute atomic E-state index is 0.253. The van der Waals surface area contributed by atoms with Gasteiger partial charge in [-0.1, -0.05) is 27.3 Å². The molecule has 6 nitrogen and oxygen atoms in total. The molecule has 0 bridgehead atoms. The third-order valence-corrected chi connectivity index (χ3v) is 3.87. The molecule has 0 spiro atoms. The number of rotatable bonds is 2. The zero-order valence-electron chi connectivity index (χ0n) is 9.79. The van der Waals surface area contributed by atoms with E-state index in [2.05, 4.69) is 36.5 Å². The quantitative estimate of drug-likeness (QED) is 0.779. The van der Waals surface area contributed by atoms with Crippen LogP contribution in [0.3, 0.4) is 0 Å². The molecule has 0 radical (unpaired) electrons. The van der Waals surface area contributed by atoms with Crippen LogP contribution in [0.5, 0.6) is 0 Å². The highest BCUT2D eigenvalue weighted by atomic mass is 79.9. The molecule has 1 N–H and O–H groups in total. The van der Waals surface area contributed by atoms with Crippen LogP contribution in [0.4, 0.5) is 5.69 Å². The van der Waals surface area contributed by atoms with Crippen molar-refractivity contribution in [3.8, 4) is 0 Å². The molecular weight excluding hydrogens is 330 g/mol. The smallest absolute Gasteiger partial charge is 0.286 e. The molecule has 1 aromatic carbocycles. The lowest BCUT2D eigenvalue weighted by molar-refractivity contribution is 0.102. The Balaban J connectivity index is 1.85. The number of fused-ring (bicyclic) bond motifs is 1. The second kappa shape index (κ2) is 4.71. The fraction of sp³-hybridized carbons (Fsp3) is 0.0909. The van der Waals surface area contributed by atoms with Gasteiger partial charge in [0.1, 0.15) is 0 Å². The monoisotopic (exact) mass is 337 g/mol. The number of benzene rings is 1. The molecule has 0 saturated carbocycles. The van der Waals surface area contributed by atoms with E-state index in [1.54, 1.807) is 11.4 Å². The van der Waals surface area contributed by atoms with Crippen LogP contribution >= 0.6 is 27.3 Å². The second-order valence-corrected chi connectivity index (χ2v) is 5.68. The van der Waals surface area contributed by atoms with E-state index >= 15 is 0 Å². The summed E-state index contributed by atoms with van der Waals surface area (Å²) in [6.07, 6.45) is 0. The predicted octanol–water partition coefficient (Wildman–Crippen LogP) is 2.51. The van der Waals surface area contributed by atoms with Gasteiger partial charge in [-0.15, -0.1) is 15.3 Å². The number of hydrogen-bond acceptors (Lipinski definition) is 5. The van der Waals surface area contributed by atoms with Crippen molar-refractivity contribution in [3.63, 3.8) is 0 Å². The largest absolute Gasteiger partial charge is 0.320 e. The lowest BCUT2D eigenvalue weighted by Crippen LogP contribution is -2.12. The van der Waals surface area contributed by atoms with Crippen molar-refractivity contribution >= 4 is 43.8 Å². The number of anilines is 1. The maximum atomic E-state index is 12.0. The third kappa shape index (κ3) is 2.36. The number of aryl methyl sites for hydroxylation is 1. The Morgan fingerprint density at radius 1 is 1.32 bits per heavy atom. The minimum atomic E-state index is -0.253. The van der Waals surface area contributed by atoms with Crippen molar-refractivity contribution in [2.45, 2.75) is 6.92 Å². The minimum Gasteiger partial charge on any atom is -0.320 e. The van der Waals surface area contributed by atoms with Crippen molar-refractivity contribution in [3.05, 3.63) is 39.6 Å². The molecule has 2 heterocycles. The molecule has 96 valence electrons. The SMILES string of the molecule is Cc1nnc2sc(C(=O)Nc3ccc(Br)cc3)nn12. The normalized spacial score (nSPS) is 10.8. The van der Waals surface area contributed by atoms with E-state index in [1.165, 1.54) is 11.3 Å². The third-order valence-electron chi connectivity index (χ3n) is 2.44. The molecular formula is C11H8BrN5OS. The fourth-order valence-electron chi connectivity index (χ4n) is 1.52. The summed E-state index contributed by atoms with van der Waals surface area (Å²) in [5.41, 5.74) is 0.718. The van der Waals surface area contributed by atoms with Gasteiger partial charge < -0.3 is 5.32 Å². The lowest BCUT2D eigenvalue weighted by Gasteiger charge is -2.01. The molecule has 0 unspecified atom stereocenters. The zero-order chi connectivity index (χ0) is 13.4. The fourth-order valence-corrected chi connectivity index (χ4v) is 2.57. The Bertz CT molecular complexity index is 748. The number of amides is 1. The molecule has 3 rings (SSSR count). The molecule has 2 aromatic heterocycles. The number of nitrogens with one attached hydrogen (secondary N) is 1. The maximum Gasteiger partial charge on any atom is 0.286 e. The van der Waals surface area contributed by atoms with Gasteiger partial charge in [0.2, 0.25) is 9.97 Å². The summed E-state index contributed by atoms with van der Waals surface area (Å²) in [4.78, 5) is 12.7. The summed E-state index contributed by atoms with van der Waals surface area (Å²) in [7, 11) is 0. The highest BCUT2D eigenvalue weighted by Gasteiger charge is 2.15. The molecule has 0 atom stereocenters. The number of carbonyl (C=O) groups is 1. The van der Waals surface area contributed by atoms with E-state index in [9.17, 15) is 4.79 Å². The number of hydrogen-bond donors (Lipinski definition) is 1. The zero-order valence-corrected chi connectivity index (χ0v) is 12.2. The highest BCUT2D eigenvalue weighted by molar-refractivity contribution is 9.10. The van der Waals surface area contributed by atoms with Crippen molar-refractivity contribution in [2.75, 3.05) is 5.32 Å². The Morgan fingerprint density at radius 3 is 2.74 bits per heavy atom. The van der Waals surface area contributed by atoms with Gasteiger partial charge in [0, 0.05) is 10.2 Å². The Kier molecular flexibility index (Phi) is 3.03. The van der Waals surface area contributed by atoms with Crippen LogP contribution in [-0.2, 0) is 0 Å². The van der Waals surface area contributed by atoms with Crippen molar-refractivity contribution in [2.24, 2.45) is 0 Å². The van der Waals surface area contributed by atoms with E-state index in [0.29, 0.717) is 15.8 Å². The van der Waals surface area contributed by atoms with E-state index in [-0.39, 0.29) is 5.91 Å². The average Bonchev–Trinajstić information content (AvgIpc) is 2.95. The molecule has 3 aromatic rings. The Morgan fingerprint density at radius 2 is 2.05 bits per heavy atom. The molecule has 8 heteroatoms. The number of halogens is 1. The summed E-state index contributed by atoms with van der Waals surface area (Å²) in [5, 5.41) is 15.1. The van der Waals surface area contributed by atoms with Crippen LogP contribution in [0.2, 0.25) is 0 Å².